The number of halogens is 4. The summed E-state index contributed by atoms with van der Waals surface area (Å²) in [7, 11) is 1.54. The second-order valence-electron chi connectivity index (χ2n) is 4.09. The Morgan fingerprint density at radius 1 is 1.10 bits per heavy atom. The molecule has 2 aromatic carbocycles. The van der Waals surface area contributed by atoms with E-state index in [4.69, 9.17) is 27.9 Å². The number of aliphatic hydroxyl groups is 1. The molecule has 2 aromatic rings. The average molecular weight is 441 g/mol. The fraction of sp³-hybridized carbons (Fsp3) is 0.143. The first-order valence-electron chi connectivity index (χ1n) is 5.60. The van der Waals surface area contributed by atoms with Crippen LogP contribution in [0.4, 0.5) is 0 Å². The van der Waals surface area contributed by atoms with Crippen molar-refractivity contribution in [1.82, 2.24) is 0 Å². The highest BCUT2D eigenvalue weighted by molar-refractivity contribution is 9.10. The van der Waals surface area contributed by atoms with E-state index in [2.05, 4.69) is 31.9 Å². The van der Waals surface area contributed by atoms with Crippen LogP contribution < -0.4 is 4.74 Å². The molecule has 20 heavy (non-hydrogen) atoms. The van der Waals surface area contributed by atoms with Gasteiger partial charge in [0.05, 0.1) is 16.6 Å². The first-order chi connectivity index (χ1) is 9.43. The molecule has 0 heterocycles. The molecule has 0 aliphatic carbocycles. The summed E-state index contributed by atoms with van der Waals surface area (Å²) in [5.41, 5.74) is 1.27. The van der Waals surface area contributed by atoms with Gasteiger partial charge in [0, 0.05) is 15.1 Å². The number of methoxy groups -OCH3 is 1. The van der Waals surface area contributed by atoms with E-state index in [1.165, 1.54) is 0 Å². The van der Waals surface area contributed by atoms with Gasteiger partial charge in [-0.2, -0.15) is 0 Å². The zero-order valence-corrected chi connectivity index (χ0v) is 15.0. The number of aliphatic hydroxyl groups excluding tert-OH is 1. The lowest BCUT2D eigenvalue weighted by Crippen LogP contribution is -2.03. The minimum atomic E-state index is -0.867. The lowest BCUT2D eigenvalue weighted by Gasteiger charge is -2.17. The Labute approximate surface area is 143 Å². The summed E-state index contributed by atoms with van der Waals surface area (Å²) >= 11 is 18.7. The third-order valence-corrected chi connectivity index (χ3v) is 4.82. The van der Waals surface area contributed by atoms with E-state index < -0.39 is 6.10 Å². The predicted molar refractivity (Wildman–Crippen MR) is 88.9 cm³/mol. The molecule has 2 rings (SSSR count). The van der Waals surface area contributed by atoms with Gasteiger partial charge in [0.2, 0.25) is 0 Å². The molecular weight excluding hydrogens is 431 g/mol. The maximum atomic E-state index is 10.5. The van der Waals surface area contributed by atoms with E-state index in [1.54, 1.807) is 37.4 Å². The molecular formula is C14H10Br2Cl2O2. The molecule has 0 radical (unpaired) electrons. The Balaban J connectivity index is 2.52. The monoisotopic (exact) mass is 438 g/mol. The van der Waals surface area contributed by atoms with Crippen molar-refractivity contribution in [3.63, 3.8) is 0 Å². The van der Waals surface area contributed by atoms with Crippen LogP contribution in [-0.2, 0) is 0 Å². The summed E-state index contributed by atoms with van der Waals surface area (Å²) in [4.78, 5) is 0. The summed E-state index contributed by atoms with van der Waals surface area (Å²) < 4.78 is 6.73. The molecule has 2 nitrogen and oxygen atoms in total. The van der Waals surface area contributed by atoms with Crippen LogP contribution >= 0.6 is 55.1 Å². The molecule has 0 saturated heterocycles. The maximum absolute atomic E-state index is 10.5. The van der Waals surface area contributed by atoms with Crippen LogP contribution in [0.5, 0.6) is 5.75 Å². The highest BCUT2D eigenvalue weighted by Crippen LogP contribution is 2.39. The Kier molecular flexibility index (Phi) is 5.37. The molecule has 1 atom stereocenters. The van der Waals surface area contributed by atoms with Crippen molar-refractivity contribution < 1.29 is 9.84 Å². The minimum absolute atomic E-state index is 0.514. The summed E-state index contributed by atoms with van der Waals surface area (Å²) in [6.45, 7) is 0. The third kappa shape index (κ3) is 3.31. The molecule has 0 aliphatic rings. The van der Waals surface area contributed by atoms with Crippen LogP contribution in [0.1, 0.15) is 17.2 Å². The molecule has 1 N–H and O–H groups in total. The van der Waals surface area contributed by atoms with Crippen molar-refractivity contribution in [3.8, 4) is 5.75 Å². The lowest BCUT2D eigenvalue weighted by atomic mass is 10.0. The third-order valence-electron chi connectivity index (χ3n) is 2.80. The summed E-state index contributed by atoms with van der Waals surface area (Å²) in [5.74, 6) is 0.549. The highest BCUT2D eigenvalue weighted by atomic mass is 79.9. The van der Waals surface area contributed by atoms with Gasteiger partial charge in [0.25, 0.3) is 0 Å². The maximum Gasteiger partial charge on any atom is 0.139 e. The Morgan fingerprint density at radius 3 is 2.40 bits per heavy atom. The molecule has 0 amide bonds. The van der Waals surface area contributed by atoms with Gasteiger partial charge in [-0.1, -0.05) is 29.3 Å². The van der Waals surface area contributed by atoms with Gasteiger partial charge < -0.3 is 9.84 Å². The Hall–Kier alpha value is -0.260. The second kappa shape index (κ2) is 6.67. The van der Waals surface area contributed by atoms with E-state index in [1.807, 2.05) is 0 Å². The summed E-state index contributed by atoms with van der Waals surface area (Å²) in [6, 6.07) is 8.64. The van der Waals surface area contributed by atoms with Crippen molar-refractivity contribution in [2.45, 2.75) is 6.10 Å². The normalized spacial score (nSPS) is 12.3. The predicted octanol–water partition coefficient (Wildman–Crippen LogP) is 5.61. The van der Waals surface area contributed by atoms with Crippen molar-refractivity contribution in [1.29, 1.82) is 0 Å². The fourth-order valence-corrected chi connectivity index (χ4v) is 3.37. The first kappa shape index (κ1) is 16.1. The molecule has 0 aliphatic heterocycles. The molecule has 106 valence electrons. The first-order valence-corrected chi connectivity index (χ1v) is 7.94. The van der Waals surface area contributed by atoms with E-state index in [0.717, 1.165) is 4.47 Å². The number of ether oxygens (including phenoxy) is 1. The van der Waals surface area contributed by atoms with E-state index in [9.17, 15) is 5.11 Å². The fourth-order valence-electron chi connectivity index (χ4n) is 1.86. The van der Waals surface area contributed by atoms with Gasteiger partial charge in [-0.05, 0) is 61.7 Å². The molecule has 1 unspecified atom stereocenters. The van der Waals surface area contributed by atoms with Crippen LogP contribution in [-0.4, -0.2) is 12.2 Å². The van der Waals surface area contributed by atoms with E-state index in [0.29, 0.717) is 31.4 Å². The Morgan fingerprint density at radius 2 is 1.80 bits per heavy atom. The molecule has 6 heteroatoms. The second-order valence-corrected chi connectivity index (χ2v) is 6.64. The SMILES string of the molecule is COc1c(Br)cc(Cl)cc1C(O)c1ccc(Cl)c(Br)c1. The highest BCUT2D eigenvalue weighted by Gasteiger charge is 2.19. The minimum Gasteiger partial charge on any atom is -0.495 e. The summed E-state index contributed by atoms with van der Waals surface area (Å²) in [6.07, 6.45) is -0.867. The van der Waals surface area contributed by atoms with Crippen molar-refractivity contribution in [3.05, 3.63) is 60.4 Å². The van der Waals surface area contributed by atoms with Gasteiger partial charge in [-0.25, -0.2) is 0 Å². The van der Waals surface area contributed by atoms with Crippen LogP contribution in [0, 0.1) is 0 Å². The van der Waals surface area contributed by atoms with Crippen LogP contribution in [0.3, 0.4) is 0 Å². The quantitative estimate of drug-likeness (QED) is 0.672. The standard InChI is InChI=1S/C14H10Br2Cl2O2/c1-20-14-9(5-8(17)6-11(14)16)13(19)7-2-3-12(18)10(15)4-7/h2-6,13,19H,1H3. The molecule has 0 bridgehead atoms. The zero-order chi connectivity index (χ0) is 14.9. The smallest absolute Gasteiger partial charge is 0.139 e. The van der Waals surface area contributed by atoms with Crippen molar-refractivity contribution >= 4 is 55.1 Å². The summed E-state index contributed by atoms with van der Waals surface area (Å²) in [5, 5.41) is 11.6. The van der Waals surface area contributed by atoms with E-state index in [-0.39, 0.29) is 0 Å². The Bertz CT molecular complexity index is 647. The number of rotatable bonds is 3. The van der Waals surface area contributed by atoms with Crippen molar-refractivity contribution in [2.24, 2.45) is 0 Å². The molecule has 0 aromatic heterocycles. The zero-order valence-electron chi connectivity index (χ0n) is 10.3. The van der Waals surface area contributed by atoms with Gasteiger partial charge in [-0.15, -0.1) is 0 Å². The van der Waals surface area contributed by atoms with Gasteiger partial charge >= 0.3 is 0 Å². The van der Waals surface area contributed by atoms with Gasteiger partial charge in [0.1, 0.15) is 11.9 Å². The van der Waals surface area contributed by atoms with Crippen LogP contribution in [0.25, 0.3) is 0 Å². The number of hydrogen-bond acceptors (Lipinski definition) is 2. The van der Waals surface area contributed by atoms with Crippen LogP contribution in [0.15, 0.2) is 39.3 Å². The number of hydrogen-bond donors (Lipinski definition) is 1. The van der Waals surface area contributed by atoms with Crippen molar-refractivity contribution in [2.75, 3.05) is 7.11 Å². The molecule has 0 saturated carbocycles. The molecule has 0 spiro atoms. The largest absolute Gasteiger partial charge is 0.495 e. The average Bonchev–Trinajstić information content (AvgIpc) is 2.40. The lowest BCUT2D eigenvalue weighted by molar-refractivity contribution is 0.214. The van der Waals surface area contributed by atoms with Gasteiger partial charge in [0.15, 0.2) is 0 Å². The van der Waals surface area contributed by atoms with E-state index >= 15 is 0 Å². The van der Waals surface area contributed by atoms with Crippen LogP contribution in [0.2, 0.25) is 10.0 Å². The van der Waals surface area contributed by atoms with Gasteiger partial charge in [-0.3, -0.25) is 0 Å². The topological polar surface area (TPSA) is 29.5 Å². The molecule has 0 fully saturated rings. The number of benzene rings is 2.